The molecule has 0 bridgehead atoms. The molecule has 0 aliphatic carbocycles. The van der Waals surface area contributed by atoms with Crippen molar-refractivity contribution in [3.05, 3.63) is 105 Å². The molecule has 5 aromatic rings. The minimum Gasteiger partial charge on any atom is -0.355 e. The van der Waals surface area contributed by atoms with E-state index >= 15 is 0 Å². The number of halogens is 2. The summed E-state index contributed by atoms with van der Waals surface area (Å²) in [7, 11) is 0. The lowest BCUT2D eigenvalue weighted by Gasteiger charge is -2.12. The predicted molar refractivity (Wildman–Crippen MR) is 134 cm³/mol. The van der Waals surface area contributed by atoms with Crippen molar-refractivity contribution in [2.24, 2.45) is 0 Å². The molecule has 3 aromatic carbocycles. The number of nitrogens with zero attached hydrogens (tertiary/aromatic N) is 1. The van der Waals surface area contributed by atoms with Gasteiger partial charge in [0.15, 0.2) is 0 Å². The number of H-pyrrole nitrogens is 1. The zero-order valence-corrected chi connectivity index (χ0v) is 18.5. The molecule has 2 heterocycles. The van der Waals surface area contributed by atoms with E-state index in [4.69, 9.17) is 23.2 Å². The van der Waals surface area contributed by atoms with Gasteiger partial charge < -0.3 is 15.6 Å². The lowest BCUT2D eigenvalue weighted by molar-refractivity contribution is 0.102. The van der Waals surface area contributed by atoms with Crippen LogP contribution in [-0.4, -0.2) is 15.9 Å². The lowest BCUT2D eigenvalue weighted by Crippen LogP contribution is -2.13. The van der Waals surface area contributed by atoms with Crippen LogP contribution in [0.25, 0.3) is 21.8 Å². The first-order chi connectivity index (χ1) is 16.0. The normalized spacial score (nSPS) is 11.0. The Kier molecular flexibility index (Phi) is 5.46. The van der Waals surface area contributed by atoms with Crippen molar-refractivity contribution < 1.29 is 4.79 Å². The summed E-state index contributed by atoms with van der Waals surface area (Å²) in [4.78, 5) is 32.1. The monoisotopic (exact) mass is 474 g/mol. The number of carbonyl (C=O) groups is 1. The summed E-state index contributed by atoms with van der Waals surface area (Å²) >= 11 is 12.2. The summed E-state index contributed by atoms with van der Waals surface area (Å²) < 4.78 is 0. The summed E-state index contributed by atoms with van der Waals surface area (Å²) in [5.74, 6) is -0.387. The van der Waals surface area contributed by atoms with E-state index in [9.17, 15) is 9.59 Å². The Hall–Kier alpha value is -3.87. The topological polar surface area (TPSA) is 86.9 Å². The average molecular weight is 475 g/mol. The molecule has 0 saturated heterocycles. The summed E-state index contributed by atoms with van der Waals surface area (Å²) in [6.07, 6.45) is 1.64. The Bertz CT molecular complexity index is 1560. The molecule has 0 atom stereocenters. The van der Waals surface area contributed by atoms with Crippen LogP contribution in [0.15, 0.2) is 83.8 Å². The minimum atomic E-state index is -0.387. The highest BCUT2D eigenvalue weighted by atomic mass is 35.5. The van der Waals surface area contributed by atoms with Gasteiger partial charge >= 0.3 is 0 Å². The van der Waals surface area contributed by atoms with Gasteiger partial charge in [-0.25, -0.2) is 4.98 Å². The number of aromatic nitrogens is 2. The van der Waals surface area contributed by atoms with Gasteiger partial charge in [0.2, 0.25) is 0 Å². The van der Waals surface area contributed by atoms with Crippen molar-refractivity contribution in [1.29, 1.82) is 0 Å². The van der Waals surface area contributed by atoms with Gasteiger partial charge in [-0.05, 0) is 48.5 Å². The number of rotatable bonds is 4. The SMILES string of the molecule is O=C(Nc1ccc(Nc2ccnc3[nH]c(=O)c4ccccc4c23)cc1)c1c(Cl)cccc1Cl. The fraction of sp³-hybridized carbons (Fsp3) is 0. The third-order valence-electron chi connectivity index (χ3n) is 5.24. The van der Waals surface area contributed by atoms with Crippen molar-refractivity contribution in [2.45, 2.75) is 0 Å². The molecule has 1 amide bonds. The summed E-state index contributed by atoms with van der Waals surface area (Å²) in [5, 5.41) is 8.97. The molecule has 0 saturated carbocycles. The van der Waals surface area contributed by atoms with Crippen LogP contribution in [0.3, 0.4) is 0 Å². The van der Waals surface area contributed by atoms with E-state index in [-0.39, 0.29) is 27.1 Å². The van der Waals surface area contributed by atoms with Crippen LogP contribution in [0.2, 0.25) is 10.0 Å². The van der Waals surface area contributed by atoms with Gasteiger partial charge in [-0.15, -0.1) is 0 Å². The van der Waals surface area contributed by atoms with E-state index in [0.717, 1.165) is 22.1 Å². The van der Waals surface area contributed by atoms with Crippen LogP contribution in [0.5, 0.6) is 0 Å². The van der Waals surface area contributed by atoms with Gasteiger partial charge in [0.1, 0.15) is 5.65 Å². The molecule has 0 aliphatic rings. The number of hydrogen-bond donors (Lipinski definition) is 3. The van der Waals surface area contributed by atoms with Gasteiger partial charge in [-0.3, -0.25) is 9.59 Å². The first-order valence-electron chi connectivity index (χ1n) is 10.0. The smallest absolute Gasteiger partial charge is 0.258 e. The minimum absolute atomic E-state index is 0.179. The molecule has 3 N–H and O–H groups in total. The Balaban J connectivity index is 1.44. The number of hydrogen-bond acceptors (Lipinski definition) is 4. The van der Waals surface area contributed by atoms with Crippen molar-refractivity contribution in [3.8, 4) is 0 Å². The van der Waals surface area contributed by atoms with E-state index in [1.165, 1.54) is 0 Å². The second-order valence-corrected chi connectivity index (χ2v) is 8.15. The van der Waals surface area contributed by atoms with Crippen molar-refractivity contribution >= 4 is 68.0 Å². The fourth-order valence-electron chi connectivity index (χ4n) is 3.71. The number of amides is 1. The molecule has 5 rings (SSSR count). The number of carbonyl (C=O) groups excluding carboxylic acids is 1. The standard InChI is InChI=1S/C25H16Cl2N4O2/c26-18-6-3-7-19(27)22(18)25(33)30-15-10-8-14(9-11-15)29-20-12-13-28-23-21(20)16-4-1-2-5-17(16)24(32)31-23/h1-13H,(H,30,33)(H2,28,29,31,32). The maximum Gasteiger partial charge on any atom is 0.258 e. The van der Waals surface area contributed by atoms with E-state index in [2.05, 4.69) is 20.6 Å². The molecule has 0 fully saturated rings. The number of benzene rings is 3. The summed E-state index contributed by atoms with van der Waals surface area (Å²) in [6.45, 7) is 0. The highest BCUT2D eigenvalue weighted by Gasteiger charge is 2.15. The fourth-order valence-corrected chi connectivity index (χ4v) is 4.28. The molecule has 0 radical (unpaired) electrons. The average Bonchev–Trinajstić information content (AvgIpc) is 2.80. The van der Waals surface area contributed by atoms with Gasteiger partial charge in [0.25, 0.3) is 11.5 Å². The second-order valence-electron chi connectivity index (χ2n) is 7.33. The molecular formula is C25H16Cl2N4O2. The Morgan fingerprint density at radius 2 is 1.48 bits per heavy atom. The second kappa shape index (κ2) is 8.58. The molecule has 33 heavy (non-hydrogen) atoms. The zero-order chi connectivity index (χ0) is 22.9. The third kappa shape index (κ3) is 4.02. The maximum atomic E-state index is 12.6. The summed E-state index contributed by atoms with van der Waals surface area (Å²) in [6, 6.07) is 21.4. The number of anilines is 3. The molecule has 0 aliphatic heterocycles. The van der Waals surface area contributed by atoms with Crippen molar-refractivity contribution in [2.75, 3.05) is 10.6 Å². The van der Waals surface area contributed by atoms with Crippen LogP contribution in [0.4, 0.5) is 17.1 Å². The molecule has 6 nitrogen and oxygen atoms in total. The quantitative estimate of drug-likeness (QED) is 0.263. The molecule has 0 unspecified atom stereocenters. The van der Waals surface area contributed by atoms with Crippen molar-refractivity contribution in [1.82, 2.24) is 9.97 Å². The largest absolute Gasteiger partial charge is 0.355 e. The third-order valence-corrected chi connectivity index (χ3v) is 5.87. The molecule has 8 heteroatoms. The molecule has 0 spiro atoms. The zero-order valence-electron chi connectivity index (χ0n) is 17.0. The molecular weight excluding hydrogens is 459 g/mol. The van der Waals surface area contributed by atoms with Crippen molar-refractivity contribution in [3.63, 3.8) is 0 Å². The Morgan fingerprint density at radius 1 is 0.818 bits per heavy atom. The van der Waals surface area contributed by atoms with Gasteiger partial charge in [0.05, 0.1) is 21.3 Å². The van der Waals surface area contributed by atoms with Gasteiger partial charge in [-0.1, -0.05) is 47.5 Å². The molecule has 162 valence electrons. The highest BCUT2D eigenvalue weighted by molar-refractivity contribution is 6.40. The van der Waals surface area contributed by atoms with Crippen LogP contribution >= 0.6 is 23.2 Å². The lowest BCUT2D eigenvalue weighted by atomic mass is 10.1. The highest BCUT2D eigenvalue weighted by Crippen LogP contribution is 2.30. The van der Waals surface area contributed by atoms with Crippen LogP contribution in [0.1, 0.15) is 10.4 Å². The van der Waals surface area contributed by atoms with Crippen LogP contribution in [0, 0.1) is 0 Å². The summed E-state index contributed by atoms with van der Waals surface area (Å²) in [5.41, 5.74) is 2.74. The number of aromatic amines is 1. The number of fused-ring (bicyclic) bond motifs is 3. The van der Waals surface area contributed by atoms with Gasteiger partial charge in [-0.2, -0.15) is 0 Å². The number of pyridine rings is 2. The molecule has 2 aromatic heterocycles. The van der Waals surface area contributed by atoms with E-state index in [1.54, 1.807) is 42.6 Å². The van der Waals surface area contributed by atoms with E-state index in [1.807, 2.05) is 36.4 Å². The first-order valence-corrected chi connectivity index (χ1v) is 10.8. The van der Waals surface area contributed by atoms with Gasteiger partial charge in [0, 0.05) is 33.7 Å². The first kappa shape index (κ1) is 21.0. The maximum absolute atomic E-state index is 12.6. The van der Waals surface area contributed by atoms with Crippen LogP contribution in [-0.2, 0) is 0 Å². The predicted octanol–water partition coefficient (Wildman–Crippen LogP) is 6.38. The van der Waals surface area contributed by atoms with E-state index in [0.29, 0.717) is 16.7 Å². The Labute approximate surface area is 198 Å². The van der Waals surface area contributed by atoms with Crippen LogP contribution < -0.4 is 16.2 Å². The van der Waals surface area contributed by atoms with E-state index < -0.39 is 0 Å². The Morgan fingerprint density at radius 3 is 2.21 bits per heavy atom. The number of nitrogens with one attached hydrogen (secondary N) is 3.